The number of benzene rings is 2. The Morgan fingerprint density at radius 2 is 1.77 bits per heavy atom. The molecular formula is C41H51F5N8O5S. The van der Waals surface area contributed by atoms with E-state index in [4.69, 9.17) is 0 Å². The van der Waals surface area contributed by atoms with Crippen LogP contribution in [0, 0.1) is 25.6 Å². The molecule has 2 amide bonds. The molecule has 7 rings (SSSR count). The molecule has 4 aliphatic rings. The van der Waals surface area contributed by atoms with Gasteiger partial charge in [-0.05, 0) is 113 Å². The van der Waals surface area contributed by atoms with Crippen molar-refractivity contribution in [2.45, 2.75) is 101 Å². The van der Waals surface area contributed by atoms with Crippen molar-refractivity contribution in [3.63, 3.8) is 0 Å². The van der Waals surface area contributed by atoms with Crippen LogP contribution >= 0.6 is 0 Å². The van der Waals surface area contributed by atoms with Crippen molar-refractivity contribution in [1.29, 1.82) is 0 Å². The zero-order chi connectivity index (χ0) is 43.1. The number of nitrogens with zero attached hydrogens (tertiary/aromatic N) is 5. The molecule has 2 aromatic carbocycles. The number of piperidine rings is 4. The third-order valence-corrected chi connectivity index (χ3v) is 13.7. The molecule has 3 aromatic rings. The highest BCUT2D eigenvalue weighted by atomic mass is 32.2. The van der Waals surface area contributed by atoms with Crippen LogP contribution in [0.3, 0.4) is 0 Å². The largest absolute Gasteiger partial charge is 0.421 e. The first kappa shape index (κ1) is 43.6. The summed E-state index contributed by atoms with van der Waals surface area (Å²) in [4.78, 5) is 37.3. The molecule has 4 atom stereocenters. The quantitative estimate of drug-likeness (QED) is 0.151. The molecule has 0 saturated carbocycles. The van der Waals surface area contributed by atoms with Gasteiger partial charge >= 0.3 is 6.18 Å². The number of imide groups is 1. The van der Waals surface area contributed by atoms with Crippen LogP contribution in [-0.2, 0) is 25.8 Å². The van der Waals surface area contributed by atoms with Crippen LogP contribution in [0.1, 0.15) is 80.0 Å². The number of amides is 2. The fraction of sp³-hybridized carbons (Fsp3) is 0.561. The Morgan fingerprint density at radius 3 is 2.43 bits per heavy atom. The number of anilines is 4. The first-order valence-electron chi connectivity index (χ1n) is 20.3. The molecule has 4 aliphatic heterocycles. The first-order chi connectivity index (χ1) is 28.3. The molecule has 19 heteroatoms. The molecule has 0 bridgehead atoms. The summed E-state index contributed by atoms with van der Waals surface area (Å²) in [5, 5.41) is 15.8. The van der Waals surface area contributed by atoms with Crippen LogP contribution in [0.5, 0.6) is 0 Å². The Morgan fingerprint density at radius 1 is 1.02 bits per heavy atom. The molecule has 1 aromatic heterocycles. The van der Waals surface area contributed by atoms with E-state index in [-0.39, 0.29) is 66.8 Å². The smallest absolute Gasteiger partial charge is 0.388 e. The summed E-state index contributed by atoms with van der Waals surface area (Å²) >= 11 is 0. The highest BCUT2D eigenvalue weighted by Gasteiger charge is 2.40. The lowest BCUT2D eigenvalue weighted by molar-refractivity contribution is -0.138. The van der Waals surface area contributed by atoms with Crippen LogP contribution in [0.2, 0.25) is 0 Å². The molecule has 0 spiro atoms. The second kappa shape index (κ2) is 17.1. The van der Waals surface area contributed by atoms with Gasteiger partial charge in [0.05, 0.1) is 28.1 Å². The van der Waals surface area contributed by atoms with Gasteiger partial charge in [0.2, 0.25) is 27.8 Å². The molecule has 60 heavy (non-hydrogen) atoms. The van der Waals surface area contributed by atoms with Crippen molar-refractivity contribution in [3.8, 4) is 0 Å². The summed E-state index contributed by atoms with van der Waals surface area (Å²) in [5.41, 5.74) is 0.0128. The van der Waals surface area contributed by atoms with E-state index >= 15 is 8.78 Å². The zero-order valence-electron chi connectivity index (χ0n) is 33.8. The van der Waals surface area contributed by atoms with Gasteiger partial charge in [0.25, 0.3) is 0 Å². The minimum Gasteiger partial charge on any atom is -0.388 e. The van der Waals surface area contributed by atoms with Gasteiger partial charge in [0, 0.05) is 57.6 Å². The van der Waals surface area contributed by atoms with E-state index in [9.17, 15) is 36.3 Å². The molecule has 1 unspecified atom stereocenters. The summed E-state index contributed by atoms with van der Waals surface area (Å²) < 4.78 is 102. The van der Waals surface area contributed by atoms with Gasteiger partial charge in [0.15, 0.2) is 0 Å². The number of carbonyl (C=O) groups is 2. The van der Waals surface area contributed by atoms with Gasteiger partial charge in [-0.1, -0.05) is 6.07 Å². The van der Waals surface area contributed by atoms with Crippen molar-refractivity contribution in [2.75, 3.05) is 60.9 Å². The molecule has 4 N–H and O–H groups in total. The van der Waals surface area contributed by atoms with E-state index in [1.54, 1.807) is 32.9 Å². The molecule has 13 nitrogen and oxygen atoms in total. The number of hydrogen-bond acceptors (Lipinski definition) is 11. The Kier molecular flexibility index (Phi) is 12.5. The summed E-state index contributed by atoms with van der Waals surface area (Å²) in [7, 11) is -4.15. The normalized spacial score (nSPS) is 25.1. The second-order valence-corrected chi connectivity index (χ2v) is 18.6. The monoisotopic (exact) mass is 862 g/mol. The Bertz CT molecular complexity index is 2220. The number of rotatable bonds is 10. The second-order valence-electron chi connectivity index (χ2n) is 16.9. The van der Waals surface area contributed by atoms with Gasteiger partial charge in [0.1, 0.15) is 23.4 Å². The molecule has 4 fully saturated rings. The fourth-order valence-corrected chi connectivity index (χ4v) is 10.3. The summed E-state index contributed by atoms with van der Waals surface area (Å²) in [5.74, 6) is -1.95. The van der Waals surface area contributed by atoms with Crippen LogP contribution in [0.15, 0.2) is 41.4 Å². The standard InChI is InChI=1S/C41H51F5N8O5S/c1-24-19-27(5-8-32(24)48-39-47-20-30(41(44,45)46)37(50-39)54-15-4-14-40(3,57)23-54)60(58,59)51-33-13-16-52(22-31(33)42)21-26-11-17-53(18-12-26)34-9-6-28(25(2)36(34)43)29-7-10-35(55)49-38(29)56/h5-6,8-9,19-20,26,29,31,33,51,57H,4,7,10-18,21-23H2,1-3H3,(H,47,48,50)(H,49,55,56)/t29?,31-,33+,40-/m0/s1. The lowest BCUT2D eigenvalue weighted by Crippen LogP contribution is -2.53. The van der Waals surface area contributed by atoms with Crippen molar-refractivity contribution >= 4 is 45.0 Å². The topological polar surface area (TPSA) is 160 Å². The average molecular weight is 863 g/mol. The van der Waals surface area contributed by atoms with E-state index in [2.05, 4.69) is 25.3 Å². The van der Waals surface area contributed by atoms with Crippen LogP contribution in [0.25, 0.3) is 0 Å². The zero-order valence-corrected chi connectivity index (χ0v) is 34.6. The predicted octanol–water partition coefficient (Wildman–Crippen LogP) is 5.47. The van der Waals surface area contributed by atoms with E-state index in [1.165, 1.54) is 23.1 Å². The van der Waals surface area contributed by atoms with Crippen molar-refractivity contribution in [2.24, 2.45) is 5.92 Å². The summed E-state index contributed by atoms with van der Waals surface area (Å²) in [6.45, 7) is 7.42. The van der Waals surface area contributed by atoms with Crippen LogP contribution < -0.4 is 25.2 Å². The van der Waals surface area contributed by atoms with Crippen LogP contribution in [0.4, 0.5) is 45.1 Å². The van der Waals surface area contributed by atoms with Gasteiger partial charge in [-0.15, -0.1) is 0 Å². The molecular weight excluding hydrogens is 812 g/mol. The van der Waals surface area contributed by atoms with E-state index in [1.807, 2.05) is 9.80 Å². The maximum absolute atomic E-state index is 15.6. The maximum atomic E-state index is 15.6. The predicted molar refractivity (Wildman–Crippen MR) is 215 cm³/mol. The van der Waals surface area contributed by atoms with Gasteiger partial charge < -0.3 is 25.1 Å². The maximum Gasteiger partial charge on any atom is 0.421 e. The van der Waals surface area contributed by atoms with Gasteiger partial charge in [-0.25, -0.2) is 26.9 Å². The number of aryl methyl sites for hydroxylation is 1. The number of aromatic nitrogens is 2. The highest BCUT2D eigenvalue weighted by Crippen LogP contribution is 2.39. The van der Waals surface area contributed by atoms with E-state index in [0.717, 1.165) is 12.8 Å². The van der Waals surface area contributed by atoms with Gasteiger partial charge in [-0.2, -0.15) is 18.2 Å². The minimum absolute atomic E-state index is 0.0404. The number of β-amino-alcohol motifs (C(OH)–C–C–N with tert-alkyl or cyclic N) is 1. The number of alkyl halides is 4. The lowest BCUT2D eigenvalue weighted by atomic mass is 9.87. The fourth-order valence-electron chi connectivity index (χ4n) is 8.89. The number of halogens is 5. The lowest BCUT2D eigenvalue weighted by Gasteiger charge is -2.39. The third kappa shape index (κ3) is 9.68. The van der Waals surface area contributed by atoms with Crippen LogP contribution in [-0.4, -0.2) is 104 Å². The number of carbonyl (C=O) groups excluding carboxylic acids is 2. The molecule has 0 radical (unpaired) electrons. The number of nitrogens with one attached hydrogen (secondary N) is 3. The molecule has 326 valence electrons. The summed E-state index contributed by atoms with van der Waals surface area (Å²) in [6.07, 6.45) is -2.27. The number of likely N-dealkylation sites (tertiary alicyclic amines) is 1. The van der Waals surface area contributed by atoms with E-state index in [0.29, 0.717) is 79.7 Å². The minimum atomic E-state index is -4.73. The molecule has 0 aliphatic carbocycles. The number of aliphatic hydroxyl groups is 1. The number of hydrogen-bond donors (Lipinski definition) is 4. The first-order valence-corrected chi connectivity index (χ1v) is 21.8. The average Bonchev–Trinajstić information content (AvgIpc) is 3.17. The third-order valence-electron chi connectivity index (χ3n) is 12.2. The Balaban J connectivity index is 0.917. The Labute approximate surface area is 346 Å². The SMILES string of the molecule is Cc1cc(S(=O)(=O)N[C@@H]2CCN(CC3CCN(c4ccc(C5CCC(=O)NC5=O)c(C)c4F)CC3)C[C@@H]2F)ccc1Nc1ncc(C(F)(F)F)c(N2CCC[C@](C)(O)C2)n1. The van der Waals surface area contributed by atoms with Crippen molar-refractivity contribution < 1.29 is 45.1 Å². The number of sulfonamides is 1. The van der Waals surface area contributed by atoms with Crippen molar-refractivity contribution in [3.05, 3.63) is 64.6 Å². The molecule has 5 heterocycles. The highest BCUT2D eigenvalue weighted by molar-refractivity contribution is 7.89. The molecule has 4 saturated heterocycles. The van der Waals surface area contributed by atoms with E-state index < -0.39 is 51.4 Å². The van der Waals surface area contributed by atoms with Gasteiger partial charge in [-0.3, -0.25) is 14.9 Å². The Hall–Kier alpha value is -4.46. The summed E-state index contributed by atoms with van der Waals surface area (Å²) in [6, 6.07) is 6.67. The van der Waals surface area contributed by atoms with Crippen molar-refractivity contribution in [1.82, 2.24) is 24.9 Å².